The molecule has 0 fully saturated rings. The molecular formula is C12H13N3. The van der Waals surface area contributed by atoms with E-state index in [0.29, 0.717) is 0 Å². The van der Waals surface area contributed by atoms with Crippen LogP contribution in [0.15, 0.2) is 42.9 Å². The molecule has 0 saturated carbocycles. The molecule has 0 saturated heterocycles. The molecule has 0 spiro atoms. The van der Waals surface area contributed by atoms with E-state index in [-0.39, 0.29) is 0 Å². The van der Waals surface area contributed by atoms with Gasteiger partial charge >= 0.3 is 0 Å². The molecule has 15 heavy (non-hydrogen) atoms. The predicted molar refractivity (Wildman–Crippen MR) is 61.6 cm³/mol. The zero-order valence-corrected chi connectivity index (χ0v) is 8.64. The standard InChI is InChI=1S/C12H13N3/c1-2-14-11-5-3-10(4-6-11)12-9-13-7-8-15-12/h3-9,14H,2H2,1H3. The summed E-state index contributed by atoms with van der Waals surface area (Å²) in [5.74, 6) is 0. The van der Waals surface area contributed by atoms with Crippen molar-refractivity contribution in [2.75, 3.05) is 11.9 Å². The van der Waals surface area contributed by atoms with Gasteiger partial charge in [0.05, 0.1) is 11.9 Å². The molecule has 1 aromatic heterocycles. The van der Waals surface area contributed by atoms with Crippen molar-refractivity contribution in [2.45, 2.75) is 6.92 Å². The zero-order valence-electron chi connectivity index (χ0n) is 8.64. The number of nitrogens with zero attached hydrogens (tertiary/aromatic N) is 2. The average molecular weight is 199 g/mol. The highest BCUT2D eigenvalue weighted by Crippen LogP contribution is 2.17. The van der Waals surface area contributed by atoms with E-state index in [1.807, 2.05) is 24.3 Å². The minimum Gasteiger partial charge on any atom is -0.385 e. The first-order valence-corrected chi connectivity index (χ1v) is 5.00. The summed E-state index contributed by atoms with van der Waals surface area (Å²) in [6.07, 6.45) is 5.15. The van der Waals surface area contributed by atoms with Crippen molar-refractivity contribution in [3.05, 3.63) is 42.9 Å². The van der Waals surface area contributed by atoms with Crippen molar-refractivity contribution in [3.63, 3.8) is 0 Å². The molecule has 0 aliphatic rings. The van der Waals surface area contributed by atoms with Crippen molar-refractivity contribution in [1.82, 2.24) is 9.97 Å². The Morgan fingerprint density at radius 1 is 1.13 bits per heavy atom. The highest BCUT2D eigenvalue weighted by atomic mass is 14.8. The summed E-state index contributed by atoms with van der Waals surface area (Å²) in [6, 6.07) is 8.19. The normalized spacial score (nSPS) is 9.93. The van der Waals surface area contributed by atoms with Gasteiger partial charge in [0.2, 0.25) is 0 Å². The Morgan fingerprint density at radius 2 is 1.93 bits per heavy atom. The fourth-order valence-corrected chi connectivity index (χ4v) is 1.41. The molecule has 0 bridgehead atoms. The number of nitrogens with one attached hydrogen (secondary N) is 1. The van der Waals surface area contributed by atoms with Gasteiger partial charge in [-0.25, -0.2) is 0 Å². The maximum atomic E-state index is 4.24. The quantitative estimate of drug-likeness (QED) is 0.825. The van der Waals surface area contributed by atoms with Gasteiger partial charge in [-0.3, -0.25) is 9.97 Å². The lowest BCUT2D eigenvalue weighted by Crippen LogP contribution is -1.95. The Bertz CT molecular complexity index is 409. The molecule has 3 heteroatoms. The van der Waals surface area contributed by atoms with Crippen LogP contribution >= 0.6 is 0 Å². The van der Waals surface area contributed by atoms with E-state index in [4.69, 9.17) is 0 Å². The molecule has 2 rings (SSSR count). The summed E-state index contributed by atoms with van der Waals surface area (Å²) in [5, 5.41) is 3.25. The van der Waals surface area contributed by atoms with Crippen LogP contribution < -0.4 is 5.32 Å². The molecule has 2 aromatic rings. The van der Waals surface area contributed by atoms with Crippen LogP contribution in [0.2, 0.25) is 0 Å². The van der Waals surface area contributed by atoms with Crippen LogP contribution in [-0.4, -0.2) is 16.5 Å². The Balaban J connectivity index is 2.24. The molecule has 76 valence electrons. The van der Waals surface area contributed by atoms with E-state index >= 15 is 0 Å². The maximum Gasteiger partial charge on any atom is 0.0885 e. The van der Waals surface area contributed by atoms with Crippen molar-refractivity contribution < 1.29 is 0 Å². The number of anilines is 1. The van der Waals surface area contributed by atoms with Gasteiger partial charge in [-0.1, -0.05) is 12.1 Å². The molecule has 0 radical (unpaired) electrons. The van der Waals surface area contributed by atoms with E-state index in [1.54, 1.807) is 18.6 Å². The van der Waals surface area contributed by atoms with Crippen LogP contribution in [0.1, 0.15) is 6.92 Å². The number of hydrogen-bond acceptors (Lipinski definition) is 3. The summed E-state index contributed by atoms with van der Waals surface area (Å²) in [7, 11) is 0. The molecule has 0 aliphatic heterocycles. The van der Waals surface area contributed by atoms with Gasteiger partial charge in [0.15, 0.2) is 0 Å². The summed E-state index contributed by atoms with van der Waals surface area (Å²) in [5.41, 5.74) is 3.12. The van der Waals surface area contributed by atoms with Crippen LogP contribution in [0.3, 0.4) is 0 Å². The van der Waals surface area contributed by atoms with Gasteiger partial charge < -0.3 is 5.32 Å². The molecule has 1 N–H and O–H groups in total. The van der Waals surface area contributed by atoms with E-state index in [2.05, 4.69) is 22.2 Å². The Labute approximate surface area is 89.2 Å². The number of rotatable bonds is 3. The second kappa shape index (κ2) is 4.55. The maximum absolute atomic E-state index is 4.24. The first-order chi connectivity index (χ1) is 7.40. The first kappa shape index (κ1) is 9.65. The molecule has 0 atom stereocenters. The highest BCUT2D eigenvalue weighted by Gasteiger charge is 1.97. The SMILES string of the molecule is CCNc1ccc(-c2cnccn2)cc1. The molecule has 0 aliphatic carbocycles. The fourth-order valence-electron chi connectivity index (χ4n) is 1.41. The molecular weight excluding hydrogens is 186 g/mol. The average Bonchev–Trinajstić information content (AvgIpc) is 2.32. The van der Waals surface area contributed by atoms with Crippen LogP contribution in [-0.2, 0) is 0 Å². The second-order valence-corrected chi connectivity index (χ2v) is 3.20. The van der Waals surface area contributed by atoms with E-state index < -0.39 is 0 Å². The minimum atomic E-state index is 0.903. The van der Waals surface area contributed by atoms with E-state index in [9.17, 15) is 0 Å². The van der Waals surface area contributed by atoms with Crippen molar-refractivity contribution in [2.24, 2.45) is 0 Å². The van der Waals surface area contributed by atoms with Gasteiger partial charge in [0.1, 0.15) is 0 Å². The third-order valence-electron chi connectivity index (χ3n) is 2.12. The van der Waals surface area contributed by atoms with E-state index in [1.165, 1.54) is 0 Å². The van der Waals surface area contributed by atoms with Crippen LogP contribution in [0, 0.1) is 0 Å². The summed E-state index contributed by atoms with van der Waals surface area (Å²) >= 11 is 0. The van der Waals surface area contributed by atoms with Gasteiger partial charge in [0.25, 0.3) is 0 Å². The Hall–Kier alpha value is -1.90. The predicted octanol–water partition coefficient (Wildman–Crippen LogP) is 2.58. The number of aromatic nitrogens is 2. The van der Waals surface area contributed by atoms with Crippen LogP contribution in [0.25, 0.3) is 11.3 Å². The largest absolute Gasteiger partial charge is 0.385 e. The van der Waals surface area contributed by atoms with Crippen LogP contribution in [0.5, 0.6) is 0 Å². The fraction of sp³-hybridized carbons (Fsp3) is 0.167. The highest BCUT2D eigenvalue weighted by molar-refractivity contribution is 5.61. The lowest BCUT2D eigenvalue weighted by Gasteiger charge is -2.04. The van der Waals surface area contributed by atoms with Gasteiger partial charge in [0, 0.05) is 30.2 Å². The summed E-state index contributed by atoms with van der Waals surface area (Å²) in [6.45, 7) is 3.01. The number of hydrogen-bond donors (Lipinski definition) is 1. The summed E-state index contributed by atoms with van der Waals surface area (Å²) < 4.78 is 0. The monoisotopic (exact) mass is 199 g/mol. The molecule has 0 unspecified atom stereocenters. The second-order valence-electron chi connectivity index (χ2n) is 3.20. The first-order valence-electron chi connectivity index (χ1n) is 5.00. The zero-order chi connectivity index (χ0) is 10.5. The van der Waals surface area contributed by atoms with Crippen molar-refractivity contribution in [1.29, 1.82) is 0 Å². The third-order valence-corrected chi connectivity index (χ3v) is 2.12. The lowest BCUT2D eigenvalue weighted by atomic mass is 10.1. The van der Waals surface area contributed by atoms with Crippen molar-refractivity contribution in [3.8, 4) is 11.3 Å². The van der Waals surface area contributed by atoms with Crippen LogP contribution in [0.4, 0.5) is 5.69 Å². The summed E-state index contributed by atoms with van der Waals surface area (Å²) in [4.78, 5) is 8.28. The lowest BCUT2D eigenvalue weighted by molar-refractivity contribution is 1.20. The van der Waals surface area contributed by atoms with E-state index in [0.717, 1.165) is 23.5 Å². The Kier molecular flexibility index (Phi) is 2.93. The number of benzene rings is 1. The minimum absolute atomic E-state index is 0.903. The topological polar surface area (TPSA) is 37.8 Å². The third kappa shape index (κ3) is 2.31. The van der Waals surface area contributed by atoms with Gasteiger partial charge in [-0.05, 0) is 19.1 Å². The Morgan fingerprint density at radius 3 is 2.53 bits per heavy atom. The molecule has 1 heterocycles. The van der Waals surface area contributed by atoms with Gasteiger partial charge in [-0.15, -0.1) is 0 Å². The molecule has 3 nitrogen and oxygen atoms in total. The smallest absolute Gasteiger partial charge is 0.0885 e. The van der Waals surface area contributed by atoms with Crippen molar-refractivity contribution >= 4 is 5.69 Å². The molecule has 0 amide bonds. The van der Waals surface area contributed by atoms with Gasteiger partial charge in [-0.2, -0.15) is 0 Å². The molecule has 1 aromatic carbocycles.